The lowest BCUT2D eigenvalue weighted by molar-refractivity contribution is -0.153. The van der Waals surface area contributed by atoms with Crippen LogP contribution in [0.3, 0.4) is 0 Å². The van der Waals surface area contributed by atoms with Crippen LogP contribution in [0.5, 0.6) is 0 Å². The van der Waals surface area contributed by atoms with Gasteiger partial charge in [-0.05, 0) is 29.4 Å². The van der Waals surface area contributed by atoms with E-state index in [2.05, 4.69) is 11.4 Å². The smallest absolute Gasteiger partial charge is 0.255 e. The van der Waals surface area contributed by atoms with E-state index < -0.39 is 24.0 Å². The molecule has 0 saturated carbocycles. The fraction of sp³-hybridized carbons (Fsp3) is 0.444. The molecule has 3 rings (SSSR count). The number of nitrogens with one attached hydrogen (secondary N) is 1. The summed E-state index contributed by atoms with van der Waals surface area (Å²) < 4.78 is 0. The number of aliphatic hydroxyl groups excluding tert-OH is 2. The average Bonchev–Trinajstić information content (AvgIpc) is 3.28. The molecule has 2 aliphatic heterocycles. The molecule has 0 aliphatic carbocycles. The number of carbonyl (C=O) groups excluding carboxylic acids is 2. The number of nitrogens with zero attached hydrogens (tertiary/aromatic N) is 1. The summed E-state index contributed by atoms with van der Waals surface area (Å²) in [4.78, 5) is 25.8. The largest absolute Gasteiger partial charge is 0.380 e. The summed E-state index contributed by atoms with van der Waals surface area (Å²) in [6.45, 7) is 1.17. The van der Waals surface area contributed by atoms with Crippen molar-refractivity contribution in [3.05, 3.63) is 46.9 Å². The first-order chi connectivity index (χ1) is 12.1. The molecule has 134 valence electrons. The minimum Gasteiger partial charge on any atom is -0.380 e. The summed E-state index contributed by atoms with van der Waals surface area (Å²) in [5, 5.41) is 25.2. The monoisotopic (exact) mass is 362 g/mol. The van der Waals surface area contributed by atoms with E-state index >= 15 is 0 Å². The van der Waals surface area contributed by atoms with Gasteiger partial charge in [0.25, 0.3) is 11.8 Å². The number of aliphatic hydroxyl groups is 2. The molecule has 2 amide bonds. The van der Waals surface area contributed by atoms with Gasteiger partial charge in [-0.3, -0.25) is 9.59 Å². The fourth-order valence-corrected chi connectivity index (χ4v) is 3.95. The fourth-order valence-electron chi connectivity index (χ4n) is 3.03. The molecule has 0 saturated heterocycles. The highest BCUT2D eigenvalue weighted by Gasteiger charge is 2.35. The maximum Gasteiger partial charge on any atom is 0.255 e. The lowest BCUT2D eigenvalue weighted by Gasteiger charge is -2.22. The van der Waals surface area contributed by atoms with Crippen LogP contribution in [0.4, 0.5) is 0 Å². The second-order valence-corrected chi connectivity index (χ2v) is 7.51. The van der Waals surface area contributed by atoms with Gasteiger partial charge in [-0.1, -0.05) is 30.3 Å². The highest BCUT2D eigenvalue weighted by molar-refractivity contribution is 8.03. The standard InChI is InChI=1S/C18H22N2O4S/c21-15(17(23)19-8-7-14-6-3-9-25-14)16(22)18(24)20-10-12-4-1-2-5-13(12)11-20/h1-5,9,14-16,21-22H,6-8,10-11H2,(H,19,23)/t14?,15-,16-/m1/s1. The van der Waals surface area contributed by atoms with Gasteiger partial charge in [0, 0.05) is 24.9 Å². The molecule has 6 nitrogen and oxygen atoms in total. The van der Waals surface area contributed by atoms with E-state index in [1.54, 1.807) is 11.8 Å². The van der Waals surface area contributed by atoms with Crippen LogP contribution in [0.25, 0.3) is 0 Å². The van der Waals surface area contributed by atoms with Crippen LogP contribution >= 0.6 is 11.8 Å². The second-order valence-electron chi connectivity index (χ2n) is 6.30. The molecule has 25 heavy (non-hydrogen) atoms. The second kappa shape index (κ2) is 8.03. The van der Waals surface area contributed by atoms with Crippen molar-refractivity contribution in [1.29, 1.82) is 0 Å². The Morgan fingerprint density at radius 2 is 1.88 bits per heavy atom. The number of hydrogen-bond acceptors (Lipinski definition) is 5. The predicted molar refractivity (Wildman–Crippen MR) is 95.5 cm³/mol. The lowest BCUT2D eigenvalue weighted by Crippen LogP contribution is -2.49. The Morgan fingerprint density at radius 1 is 1.20 bits per heavy atom. The van der Waals surface area contributed by atoms with Crippen LogP contribution in [0.15, 0.2) is 35.7 Å². The summed E-state index contributed by atoms with van der Waals surface area (Å²) in [6, 6.07) is 7.63. The average molecular weight is 362 g/mol. The Balaban J connectivity index is 1.47. The third-order valence-corrected chi connectivity index (χ3v) is 5.67. The normalized spacial score (nSPS) is 21.0. The molecule has 0 radical (unpaired) electrons. The molecule has 2 heterocycles. The zero-order valence-corrected chi connectivity index (χ0v) is 14.6. The van der Waals surface area contributed by atoms with Crippen LogP contribution < -0.4 is 5.32 Å². The van der Waals surface area contributed by atoms with E-state index in [-0.39, 0.29) is 0 Å². The Bertz CT molecular complexity index is 646. The number of carbonyl (C=O) groups is 2. The van der Waals surface area contributed by atoms with E-state index in [1.807, 2.05) is 29.7 Å². The van der Waals surface area contributed by atoms with E-state index in [0.717, 1.165) is 24.0 Å². The first-order valence-electron chi connectivity index (χ1n) is 8.36. The molecule has 3 N–H and O–H groups in total. The minimum atomic E-state index is -1.76. The quantitative estimate of drug-likeness (QED) is 0.696. The van der Waals surface area contributed by atoms with Crippen molar-refractivity contribution in [3.63, 3.8) is 0 Å². The molecule has 0 aromatic heterocycles. The molecule has 1 unspecified atom stereocenters. The molecule has 1 aromatic carbocycles. The number of rotatable bonds is 6. The Morgan fingerprint density at radius 3 is 2.48 bits per heavy atom. The first kappa shape index (κ1) is 18.0. The van der Waals surface area contributed by atoms with E-state index in [4.69, 9.17) is 0 Å². The SMILES string of the molecule is O=C(NCCC1CC=CS1)[C@H](O)[C@@H](O)C(=O)N1Cc2ccccc2C1. The summed E-state index contributed by atoms with van der Waals surface area (Å²) in [7, 11) is 0. The molecule has 0 bridgehead atoms. The van der Waals surface area contributed by atoms with Gasteiger partial charge in [0.15, 0.2) is 12.2 Å². The number of hydrogen-bond donors (Lipinski definition) is 3. The Hall–Kier alpha value is -1.83. The maximum atomic E-state index is 12.4. The van der Waals surface area contributed by atoms with Gasteiger partial charge < -0.3 is 20.4 Å². The van der Waals surface area contributed by atoms with Crippen LogP contribution in [0.1, 0.15) is 24.0 Å². The highest BCUT2D eigenvalue weighted by atomic mass is 32.2. The van der Waals surface area contributed by atoms with Crippen molar-refractivity contribution < 1.29 is 19.8 Å². The van der Waals surface area contributed by atoms with Gasteiger partial charge in [0.1, 0.15) is 0 Å². The lowest BCUT2D eigenvalue weighted by atomic mass is 10.1. The van der Waals surface area contributed by atoms with E-state index in [1.165, 1.54) is 4.90 Å². The number of amides is 2. The molecule has 0 fully saturated rings. The van der Waals surface area contributed by atoms with Crippen molar-refractivity contribution in [2.45, 2.75) is 43.4 Å². The third kappa shape index (κ3) is 4.23. The maximum absolute atomic E-state index is 12.4. The molecule has 7 heteroatoms. The highest BCUT2D eigenvalue weighted by Crippen LogP contribution is 2.26. The summed E-state index contributed by atoms with van der Waals surface area (Å²) in [6.07, 6.45) is 0.325. The van der Waals surface area contributed by atoms with E-state index in [9.17, 15) is 19.8 Å². The zero-order chi connectivity index (χ0) is 17.8. The van der Waals surface area contributed by atoms with Crippen molar-refractivity contribution >= 4 is 23.6 Å². The molecule has 3 atom stereocenters. The molecule has 0 spiro atoms. The van der Waals surface area contributed by atoms with Crippen molar-refractivity contribution in [2.24, 2.45) is 0 Å². The Labute approximate surface area is 150 Å². The molecular weight excluding hydrogens is 340 g/mol. The number of fused-ring (bicyclic) bond motifs is 1. The van der Waals surface area contributed by atoms with Gasteiger partial charge >= 0.3 is 0 Å². The van der Waals surface area contributed by atoms with Crippen molar-refractivity contribution in [2.75, 3.05) is 6.54 Å². The van der Waals surface area contributed by atoms with Gasteiger partial charge in [-0.2, -0.15) is 0 Å². The van der Waals surface area contributed by atoms with E-state index in [0.29, 0.717) is 24.9 Å². The molecule has 2 aliphatic rings. The Kier molecular flexibility index (Phi) is 5.78. The van der Waals surface area contributed by atoms with Crippen molar-refractivity contribution in [1.82, 2.24) is 10.2 Å². The van der Waals surface area contributed by atoms with Crippen LogP contribution in [0.2, 0.25) is 0 Å². The van der Waals surface area contributed by atoms with Gasteiger partial charge in [0.05, 0.1) is 0 Å². The summed E-state index contributed by atoms with van der Waals surface area (Å²) in [5.74, 6) is -1.34. The molecular formula is C18H22N2O4S. The number of thioether (sulfide) groups is 1. The summed E-state index contributed by atoms with van der Waals surface area (Å²) in [5.41, 5.74) is 2.04. The third-order valence-electron chi connectivity index (χ3n) is 4.50. The van der Waals surface area contributed by atoms with Gasteiger partial charge in [-0.25, -0.2) is 0 Å². The zero-order valence-electron chi connectivity index (χ0n) is 13.8. The van der Waals surface area contributed by atoms with Crippen LogP contribution in [0, 0.1) is 0 Å². The minimum absolute atomic E-state index is 0.381. The number of benzene rings is 1. The number of allylic oxidation sites excluding steroid dienone is 1. The first-order valence-corrected chi connectivity index (χ1v) is 9.30. The summed E-state index contributed by atoms with van der Waals surface area (Å²) >= 11 is 1.72. The van der Waals surface area contributed by atoms with Gasteiger partial charge in [-0.15, -0.1) is 11.8 Å². The molecule has 1 aromatic rings. The van der Waals surface area contributed by atoms with Crippen molar-refractivity contribution in [3.8, 4) is 0 Å². The topological polar surface area (TPSA) is 89.9 Å². The van der Waals surface area contributed by atoms with Crippen LogP contribution in [-0.4, -0.2) is 50.9 Å². The predicted octanol–water partition coefficient (Wildman–Crippen LogP) is 0.776. The van der Waals surface area contributed by atoms with Gasteiger partial charge in [0.2, 0.25) is 0 Å². The van der Waals surface area contributed by atoms with Crippen LogP contribution in [-0.2, 0) is 22.7 Å².